The molecule has 6 nitrogen and oxygen atoms in total. The molecule has 2 N–H and O–H groups in total. The van der Waals surface area contributed by atoms with Gasteiger partial charge >= 0.3 is 0 Å². The Hall–Kier alpha value is -1.30. The molecule has 4 aliphatic rings. The van der Waals surface area contributed by atoms with E-state index in [0.29, 0.717) is 18.0 Å². The lowest BCUT2D eigenvalue weighted by Gasteiger charge is -2.28. The third kappa shape index (κ3) is 4.00. The van der Waals surface area contributed by atoms with Crippen molar-refractivity contribution in [3.63, 3.8) is 0 Å². The van der Waals surface area contributed by atoms with Crippen molar-refractivity contribution in [1.29, 1.82) is 0 Å². The zero-order valence-electron chi connectivity index (χ0n) is 16.6. The minimum absolute atomic E-state index is 0.0538. The van der Waals surface area contributed by atoms with Gasteiger partial charge in [-0.1, -0.05) is 13.3 Å². The number of aliphatic imine (C=N–C) groups is 1. The second-order valence-electron chi connectivity index (χ2n) is 9.29. The molecule has 0 radical (unpaired) electrons. The fourth-order valence-corrected chi connectivity index (χ4v) is 5.12. The second kappa shape index (κ2) is 7.37. The zero-order chi connectivity index (χ0) is 18.3. The SMILES string of the molecule is CC1CN(C2CC2)CC1NC(=NCC(=O)N(C)C)NC1CC2CCC1C2. The van der Waals surface area contributed by atoms with Crippen LogP contribution in [0.4, 0.5) is 0 Å². The molecule has 0 aromatic rings. The number of carbonyl (C=O) groups excluding carboxylic acids is 1. The first kappa shape index (κ1) is 18.1. The minimum atomic E-state index is 0.0538. The molecule has 5 atom stereocenters. The summed E-state index contributed by atoms with van der Waals surface area (Å²) in [5.41, 5.74) is 0. The first-order chi connectivity index (χ1) is 12.5. The van der Waals surface area contributed by atoms with E-state index in [2.05, 4.69) is 27.4 Å². The Balaban J connectivity index is 1.39. The van der Waals surface area contributed by atoms with Gasteiger partial charge in [-0.2, -0.15) is 0 Å². The normalized spacial score (nSPS) is 37.2. The summed E-state index contributed by atoms with van der Waals surface area (Å²) in [7, 11) is 3.59. The highest BCUT2D eigenvalue weighted by Gasteiger charge is 2.41. The van der Waals surface area contributed by atoms with E-state index in [1.165, 1.54) is 45.1 Å². The van der Waals surface area contributed by atoms with Crippen molar-refractivity contribution in [2.45, 2.75) is 63.6 Å². The van der Waals surface area contributed by atoms with Crippen molar-refractivity contribution in [3.8, 4) is 0 Å². The Morgan fingerprint density at radius 3 is 2.46 bits per heavy atom. The summed E-state index contributed by atoms with van der Waals surface area (Å²) in [6.45, 7) is 4.84. The van der Waals surface area contributed by atoms with Crippen LogP contribution < -0.4 is 10.6 Å². The molecule has 146 valence electrons. The number of likely N-dealkylation sites (N-methyl/N-ethyl adjacent to an activating group) is 1. The topological polar surface area (TPSA) is 60.0 Å². The highest BCUT2D eigenvalue weighted by Crippen LogP contribution is 2.44. The van der Waals surface area contributed by atoms with Gasteiger partial charge in [0, 0.05) is 45.3 Å². The standard InChI is InChI=1S/C20H35N5O/c1-13-11-25(16-6-7-16)12-18(13)23-20(21-10-19(26)24(2)3)22-17-9-14-4-5-15(17)8-14/h13-18H,4-12H2,1-3H3,(H2,21,22,23). The van der Waals surface area contributed by atoms with E-state index in [1.54, 1.807) is 19.0 Å². The maximum Gasteiger partial charge on any atom is 0.243 e. The molecule has 3 saturated carbocycles. The Kier molecular flexibility index (Phi) is 5.13. The van der Waals surface area contributed by atoms with Gasteiger partial charge < -0.3 is 15.5 Å². The number of hydrogen-bond donors (Lipinski definition) is 2. The average molecular weight is 362 g/mol. The van der Waals surface area contributed by atoms with Gasteiger partial charge in [-0.25, -0.2) is 4.99 Å². The van der Waals surface area contributed by atoms with Crippen LogP contribution in [-0.2, 0) is 4.79 Å². The van der Waals surface area contributed by atoms with Gasteiger partial charge in [-0.05, 0) is 49.9 Å². The van der Waals surface area contributed by atoms with Gasteiger partial charge in [0.05, 0.1) is 0 Å². The summed E-state index contributed by atoms with van der Waals surface area (Å²) in [6, 6.07) is 1.78. The highest BCUT2D eigenvalue weighted by atomic mass is 16.2. The van der Waals surface area contributed by atoms with Crippen LogP contribution in [0.1, 0.15) is 45.4 Å². The number of likely N-dealkylation sites (tertiary alicyclic amines) is 1. The average Bonchev–Trinajstić information content (AvgIpc) is 3.09. The predicted octanol–water partition coefficient (Wildman–Crippen LogP) is 1.28. The molecular weight excluding hydrogens is 326 g/mol. The summed E-state index contributed by atoms with van der Waals surface area (Å²) >= 11 is 0. The molecule has 0 aromatic heterocycles. The van der Waals surface area contributed by atoms with Crippen molar-refractivity contribution in [2.24, 2.45) is 22.7 Å². The van der Waals surface area contributed by atoms with Crippen molar-refractivity contribution in [2.75, 3.05) is 33.7 Å². The number of amides is 1. The van der Waals surface area contributed by atoms with Gasteiger partial charge in [-0.15, -0.1) is 0 Å². The van der Waals surface area contributed by atoms with Crippen LogP contribution in [0.15, 0.2) is 4.99 Å². The summed E-state index contributed by atoms with van der Waals surface area (Å²) in [4.78, 5) is 20.9. The minimum Gasteiger partial charge on any atom is -0.353 e. The van der Waals surface area contributed by atoms with E-state index in [-0.39, 0.29) is 12.5 Å². The lowest BCUT2D eigenvalue weighted by molar-refractivity contribution is -0.127. The fourth-order valence-electron chi connectivity index (χ4n) is 5.12. The van der Waals surface area contributed by atoms with Gasteiger partial charge in [0.25, 0.3) is 0 Å². The largest absolute Gasteiger partial charge is 0.353 e. The van der Waals surface area contributed by atoms with E-state index in [9.17, 15) is 4.79 Å². The number of guanidine groups is 1. The molecule has 0 aromatic carbocycles. The third-order valence-corrected chi connectivity index (χ3v) is 6.96. The van der Waals surface area contributed by atoms with Crippen LogP contribution in [0.5, 0.6) is 0 Å². The predicted molar refractivity (Wildman–Crippen MR) is 104 cm³/mol. The Morgan fingerprint density at radius 2 is 1.85 bits per heavy atom. The molecule has 3 aliphatic carbocycles. The molecule has 26 heavy (non-hydrogen) atoms. The van der Waals surface area contributed by atoms with E-state index in [1.807, 2.05) is 0 Å². The quantitative estimate of drug-likeness (QED) is 0.572. The van der Waals surface area contributed by atoms with Crippen LogP contribution >= 0.6 is 0 Å². The van der Waals surface area contributed by atoms with E-state index < -0.39 is 0 Å². The van der Waals surface area contributed by atoms with Crippen LogP contribution in [-0.4, -0.2) is 73.5 Å². The molecule has 5 unspecified atom stereocenters. The van der Waals surface area contributed by atoms with Crippen LogP contribution in [0.3, 0.4) is 0 Å². The lowest BCUT2D eigenvalue weighted by atomic mass is 9.95. The van der Waals surface area contributed by atoms with E-state index in [0.717, 1.165) is 30.4 Å². The summed E-state index contributed by atoms with van der Waals surface area (Å²) in [6.07, 6.45) is 8.11. The third-order valence-electron chi connectivity index (χ3n) is 6.96. The first-order valence-corrected chi connectivity index (χ1v) is 10.5. The van der Waals surface area contributed by atoms with E-state index in [4.69, 9.17) is 0 Å². The monoisotopic (exact) mass is 361 g/mol. The zero-order valence-corrected chi connectivity index (χ0v) is 16.6. The fraction of sp³-hybridized carbons (Fsp3) is 0.900. The van der Waals surface area contributed by atoms with Crippen molar-refractivity contribution in [3.05, 3.63) is 0 Å². The molecule has 1 aliphatic heterocycles. The molecular formula is C20H35N5O. The molecule has 2 bridgehead atoms. The highest BCUT2D eigenvalue weighted by molar-refractivity contribution is 5.85. The Morgan fingerprint density at radius 1 is 1.08 bits per heavy atom. The molecule has 4 fully saturated rings. The van der Waals surface area contributed by atoms with Crippen molar-refractivity contribution in [1.82, 2.24) is 20.4 Å². The first-order valence-electron chi connectivity index (χ1n) is 10.5. The maximum atomic E-state index is 12.0. The van der Waals surface area contributed by atoms with Gasteiger partial charge in [0.15, 0.2) is 5.96 Å². The molecule has 1 amide bonds. The van der Waals surface area contributed by atoms with Crippen LogP contribution in [0, 0.1) is 17.8 Å². The van der Waals surface area contributed by atoms with Gasteiger partial charge in [0.1, 0.15) is 6.54 Å². The number of carbonyl (C=O) groups is 1. The van der Waals surface area contributed by atoms with Gasteiger partial charge in [0.2, 0.25) is 5.91 Å². The number of hydrogen-bond acceptors (Lipinski definition) is 3. The van der Waals surface area contributed by atoms with Crippen LogP contribution in [0.2, 0.25) is 0 Å². The lowest BCUT2D eigenvalue weighted by Crippen LogP contribution is -2.51. The molecule has 6 heteroatoms. The van der Waals surface area contributed by atoms with Crippen molar-refractivity contribution < 1.29 is 4.79 Å². The molecule has 1 heterocycles. The molecule has 0 spiro atoms. The summed E-state index contributed by atoms with van der Waals surface area (Å²) in [5.74, 6) is 3.22. The van der Waals surface area contributed by atoms with Crippen molar-refractivity contribution >= 4 is 11.9 Å². The smallest absolute Gasteiger partial charge is 0.243 e. The number of nitrogens with zero attached hydrogens (tertiary/aromatic N) is 3. The molecule has 4 rings (SSSR count). The summed E-state index contributed by atoms with van der Waals surface area (Å²) in [5, 5.41) is 7.38. The maximum absolute atomic E-state index is 12.0. The number of nitrogens with one attached hydrogen (secondary N) is 2. The van der Waals surface area contributed by atoms with E-state index >= 15 is 0 Å². The number of rotatable bonds is 5. The Labute approximate surface area is 157 Å². The molecule has 1 saturated heterocycles. The van der Waals surface area contributed by atoms with Gasteiger partial charge in [-0.3, -0.25) is 9.69 Å². The second-order valence-corrected chi connectivity index (χ2v) is 9.29. The Bertz CT molecular complexity index is 558. The number of fused-ring (bicyclic) bond motifs is 2. The summed E-state index contributed by atoms with van der Waals surface area (Å²) < 4.78 is 0. The van der Waals surface area contributed by atoms with Crippen LogP contribution in [0.25, 0.3) is 0 Å².